The summed E-state index contributed by atoms with van der Waals surface area (Å²) < 4.78 is 0. The molecular formula is C52H35N5. The Morgan fingerprint density at radius 3 is 1.82 bits per heavy atom. The molecule has 1 aliphatic carbocycles. The van der Waals surface area contributed by atoms with Crippen LogP contribution in [0.5, 0.6) is 0 Å². The van der Waals surface area contributed by atoms with Crippen molar-refractivity contribution in [1.29, 1.82) is 5.26 Å². The molecule has 0 radical (unpaired) electrons. The number of aromatic nitrogens is 4. The summed E-state index contributed by atoms with van der Waals surface area (Å²) in [5.41, 5.74) is 16.8. The van der Waals surface area contributed by atoms with Gasteiger partial charge in [0.25, 0.3) is 0 Å². The third-order valence-electron chi connectivity index (χ3n) is 11.2. The van der Waals surface area contributed by atoms with E-state index in [-0.39, 0.29) is 5.41 Å². The zero-order chi connectivity index (χ0) is 38.5. The van der Waals surface area contributed by atoms with Crippen molar-refractivity contribution in [3.63, 3.8) is 0 Å². The van der Waals surface area contributed by atoms with E-state index in [9.17, 15) is 5.26 Å². The van der Waals surface area contributed by atoms with Crippen molar-refractivity contribution < 1.29 is 0 Å². The number of nitriles is 1. The van der Waals surface area contributed by atoms with E-state index in [2.05, 4.69) is 135 Å². The summed E-state index contributed by atoms with van der Waals surface area (Å²) in [6.45, 7) is 4.49. The minimum absolute atomic E-state index is 0.280. The van der Waals surface area contributed by atoms with Crippen molar-refractivity contribution in [2.75, 3.05) is 0 Å². The van der Waals surface area contributed by atoms with Crippen LogP contribution < -0.4 is 0 Å². The molecule has 57 heavy (non-hydrogen) atoms. The third-order valence-corrected chi connectivity index (χ3v) is 11.2. The summed E-state index contributed by atoms with van der Waals surface area (Å²) in [6, 6.07) is 59.0. The van der Waals surface area contributed by atoms with Gasteiger partial charge in [-0.2, -0.15) is 5.26 Å². The molecule has 268 valence electrons. The van der Waals surface area contributed by atoms with E-state index in [1.165, 1.54) is 27.8 Å². The van der Waals surface area contributed by atoms with E-state index in [1.807, 2.05) is 60.9 Å². The van der Waals surface area contributed by atoms with Crippen LogP contribution in [-0.2, 0) is 5.41 Å². The lowest BCUT2D eigenvalue weighted by Gasteiger charge is -2.22. The highest BCUT2D eigenvalue weighted by molar-refractivity contribution is 5.94. The number of hydrogen-bond acceptors (Lipinski definition) is 5. The number of rotatable bonds is 6. The number of nitrogens with zero attached hydrogens (tertiary/aromatic N) is 5. The maximum Gasteiger partial charge on any atom is 0.160 e. The Kier molecular flexibility index (Phi) is 8.13. The second-order valence-corrected chi connectivity index (χ2v) is 15.1. The molecule has 0 amide bonds. The van der Waals surface area contributed by atoms with Crippen LogP contribution in [0.25, 0.3) is 89.4 Å². The number of pyridine rings is 2. The molecule has 9 aromatic rings. The van der Waals surface area contributed by atoms with E-state index in [0.717, 1.165) is 66.9 Å². The molecule has 0 fully saturated rings. The first-order chi connectivity index (χ1) is 27.9. The monoisotopic (exact) mass is 729 g/mol. The average molecular weight is 730 g/mol. The predicted octanol–water partition coefficient (Wildman–Crippen LogP) is 12.6. The largest absolute Gasteiger partial charge is 0.254 e. The molecule has 3 aromatic heterocycles. The minimum Gasteiger partial charge on any atom is -0.254 e. The smallest absolute Gasteiger partial charge is 0.160 e. The van der Waals surface area contributed by atoms with E-state index in [4.69, 9.17) is 19.9 Å². The van der Waals surface area contributed by atoms with Gasteiger partial charge in [0, 0.05) is 45.4 Å². The molecule has 0 saturated carbocycles. The summed E-state index contributed by atoms with van der Waals surface area (Å²) in [6.07, 6.45) is 3.67. The van der Waals surface area contributed by atoms with Crippen molar-refractivity contribution in [2.45, 2.75) is 19.3 Å². The highest BCUT2D eigenvalue weighted by Gasteiger charge is 2.36. The lowest BCUT2D eigenvalue weighted by atomic mass is 9.81. The molecule has 6 aromatic carbocycles. The van der Waals surface area contributed by atoms with E-state index >= 15 is 0 Å². The van der Waals surface area contributed by atoms with Gasteiger partial charge in [0.05, 0.1) is 34.2 Å². The van der Waals surface area contributed by atoms with Crippen LogP contribution >= 0.6 is 0 Å². The van der Waals surface area contributed by atoms with Gasteiger partial charge >= 0.3 is 0 Å². The first kappa shape index (κ1) is 34.0. The maximum atomic E-state index is 9.70. The van der Waals surface area contributed by atoms with Crippen LogP contribution in [0.3, 0.4) is 0 Å². The fourth-order valence-electron chi connectivity index (χ4n) is 8.20. The Hall–Kier alpha value is -7.55. The fraction of sp³-hybridized carbons (Fsp3) is 0.0577. The molecule has 0 spiro atoms. The van der Waals surface area contributed by atoms with Crippen LogP contribution in [-0.4, -0.2) is 19.9 Å². The van der Waals surface area contributed by atoms with Gasteiger partial charge in [0.1, 0.15) is 0 Å². The van der Waals surface area contributed by atoms with Crippen LogP contribution in [0.4, 0.5) is 0 Å². The number of hydrogen-bond donors (Lipinski definition) is 0. The molecule has 10 rings (SSSR count). The standard InChI is InChI=1S/C52H35N5/c1-52(2)45-26-33(32-53)15-21-43(45)44-22-20-39(30-46(44)52)40-27-41(29-42(28-40)50-49-37(23-25-55-50)14-9-24-54-49)48-31-47(56-51(57-48)38-12-7-4-8-13-38)36-18-16-35(17-19-36)34-10-5-3-6-11-34/h3-31H,1-2H3. The molecule has 3 heterocycles. The Balaban J connectivity index is 1.17. The molecule has 5 nitrogen and oxygen atoms in total. The molecule has 5 heteroatoms. The highest BCUT2D eigenvalue weighted by atomic mass is 14.9. The highest BCUT2D eigenvalue weighted by Crippen LogP contribution is 2.50. The topological polar surface area (TPSA) is 75.3 Å². The molecule has 0 unspecified atom stereocenters. The molecular weight excluding hydrogens is 695 g/mol. The van der Waals surface area contributed by atoms with Gasteiger partial charge in [-0.1, -0.05) is 123 Å². The van der Waals surface area contributed by atoms with Crippen molar-refractivity contribution in [3.8, 4) is 84.6 Å². The molecule has 0 N–H and O–H groups in total. The number of fused-ring (bicyclic) bond motifs is 4. The van der Waals surface area contributed by atoms with Crippen LogP contribution in [0.15, 0.2) is 176 Å². The van der Waals surface area contributed by atoms with Crippen LogP contribution in [0.2, 0.25) is 0 Å². The van der Waals surface area contributed by atoms with Gasteiger partial charge in [-0.25, -0.2) is 9.97 Å². The van der Waals surface area contributed by atoms with E-state index in [1.54, 1.807) is 0 Å². The molecule has 0 atom stereocenters. The van der Waals surface area contributed by atoms with Gasteiger partial charge in [0.15, 0.2) is 5.82 Å². The molecule has 0 aliphatic heterocycles. The van der Waals surface area contributed by atoms with Crippen molar-refractivity contribution in [2.24, 2.45) is 0 Å². The SMILES string of the molecule is CC1(C)c2cc(C#N)ccc2-c2ccc(-c3cc(-c4cc(-c5ccc(-c6ccccc6)cc5)nc(-c5ccccc5)n4)cc(-c4nccc5cccnc45)c3)cc21. The quantitative estimate of drug-likeness (QED) is 0.170. The first-order valence-corrected chi connectivity index (χ1v) is 19.1. The van der Waals surface area contributed by atoms with Gasteiger partial charge < -0.3 is 0 Å². The lowest BCUT2D eigenvalue weighted by Crippen LogP contribution is -2.15. The Bertz CT molecular complexity index is 3030. The van der Waals surface area contributed by atoms with E-state index in [0.29, 0.717) is 11.4 Å². The Morgan fingerprint density at radius 2 is 1.07 bits per heavy atom. The van der Waals surface area contributed by atoms with Crippen LogP contribution in [0.1, 0.15) is 30.5 Å². The molecule has 0 bridgehead atoms. The van der Waals surface area contributed by atoms with Gasteiger partial charge in [-0.05, 0) is 99.1 Å². The minimum atomic E-state index is -0.280. The zero-order valence-electron chi connectivity index (χ0n) is 31.5. The summed E-state index contributed by atoms with van der Waals surface area (Å²) in [4.78, 5) is 20.1. The van der Waals surface area contributed by atoms with Gasteiger partial charge in [-0.15, -0.1) is 0 Å². The summed E-state index contributed by atoms with van der Waals surface area (Å²) in [5, 5.41) is 10.7. The van der Waals surface area contributed by atoms with Crippen molar-refractivity contribution in [3.05, 3.63) is 193 Å². The lowest BCUT2D eigenvalue weighted by molar-refractivity contribution is 0.660. The predicted molar refractivity (Wildman–Crippen MR) is 230 cm³/mol. The average Bonchev–Trinajstić information content (AvgIpc) is 3.51. The summed E-state index contributed by atoms with van der Waals surface area (Å²) >= 11 is 0. The normalized spacial score (nSPS) is 12.5. The van der Waals surface area contributed by atoms with Crippen molar-refractivity contribution in [1.82, 2.24) is 19.9 Å². The van der Waals surface area contributed by atoms with Crippen LogP contribution in [0, 0.1) is 11.3 Å². The summed E-state index contributed by atoms with van der Waals surface area (Å²) in [7, 11) is 0. The van der Waals surface area contributed by atoms with Crippen molar-refractivity contribution >= 4 is 10.9 Å². The Labute approximate surface area is 331 Å². The summed E-state index contributed by atoms with van der Waals surface area (Å²) in [5.74, 6) is 0.654. The van der Waals surface area contributed by atoms with E-state index < -0.39 is 0 Å². The zero-order valence-corrected chi connectivity index (χ0v) is 31.5. The second kappa shape index (κ2) is 13.6. The number of benzene rings is 6. The first-order valence-electron chi connectivity index (χ1n) is 19.1. The second-order valence-electron chi connectivity index (χ2n) is 15.1. The third kappa shape index (κ3) is 6.05. The van der Waals surface area contributed by atoms with Gasteiger partial charge in [-0.3, -0.25) is 9.97 Å². The molecule has 0 saturated heterocycles. The molecule has 1 aliphatic rings. The maximum absolute atomic E-state index is 9.70. The Morgan fingerprint density at radius 1 is 0.456 bits per heavy atom. The fourth-order valence-corrected chi connectivity index (χ4v) is 8.20. The van der Waals surface area contributed by atoms with Gasteiger partial charge in [0.2, 0.25) is 0 Å².